The first-order valence-corrected chi connectivity index (χ1v) is 7.93. The van der Waals surface area contributed by atoms with Crippen LogP contribution < -0.4 is 5.32 Å². The second-order valence-electron chi connectivity index (χ2n) is 5.35. The van der Waals surface area contributed by atoms with E-state index in [0.29, 0.717) is 22.3 Å². The van der Waals surface area contributed by atoms with Crippen molar-refractivity contribution in [3.8, 4) is 0 Å². The first kappa shape index (κ1) is 15.2. The Kier molecular flexibility index (Phi) is 4.27. The lowest BCUT2D eigenvalue weighted by Crippen LogP contribution is -2.41. The Labute approximate surface area is 139 Å². The summed E-state index contributed by atoms with van der Waals surface area (Å²) in [6.07, 6.45) is 0.858. The van der Waals surface area contributed by atoms with Crippen LogP contribution in [0.3, 0.4) is 0 Å². The summed E-state index contributed by atoms with van der Waals surface area (Å²) >= 11 is 12.1. The molecule has 0 saturated carbocycles. The van der Waals surface area contributed by atoms with E-state index < -0.39 is 0 Å². The summed E-state index contributed by atoms with van der Waals surface area (Å²) in [5, 5.41) is 3.64. The summed E-state index contributed by atoms with van der Waals surface area (Å²) in [6.45, 7) is 2.72. The molecule has 114 valence electrons. The van der Waals surface area contributed by atoms with Crippen LogP contribution >= 0.6 is 23.2 Å². The number of benzene rings is 2. The lowest BCUT2D eigenvalue weighted by Gasteiger charge is -2.35. The number of fused-ring (bicyclic) bond motifs is 1. The van der Waals surface area contributed by atoms with Gasteiger partial charge in [-0.25, -0.2) is 4.79 Å². The van der Waals surface area contributed by atoms with Crippen LogP contribution in [0.25, 0.3) is 0 Å². The molecule has 5 heteroatoms. The van der Waals surface area contributed by atoms with Crippen LogP contribution in [0.1, 0.15) is 24.1 Å². The number of carbonyl (C=O) groups is 1. The standard InChI is InChI=1S/C17H16Cl2N2O/c1-11-13-6-3-2-5-12(13)9-10-21(11)17(22)20-15-8-4-7-14(18)16(15)19/h2-8,11H,9-10H2,1H3,(H,20,22). The minimum absolute atomic E-state index is 0.0305. The Morgan fingerprint density at radius 3 is 2.77 bits per heavy atom. The Morgan fingerprint density at radius 2 is 1.95 bits per heavy atom. The number of halogens is 2. The molecule has 3 rings (SSSR count). The molecule has 2 amide bonds. The fourth-order valence-corrected chi connectivity index (χ4v) is 3.18. The minimum atomic E-state index is -0.161. The fourth-order valence-electron chi connectivity index (χ4n) is 2.84. The van der Waals surface area contributed by atoms with Gasteiger partial charge in [0.2, 0.25) is 0 Å². The molecule has 0 aromatic heterocycles. The number of rotatable bonds is 1. The molecule has 1 heterocycles. The van der Waals surface area contributed by atoms with Crippen molar-refractivity contribution in [3.63, 3.8) is 0 Å². The molecule has 0 fully saturated rings. The SMILES string of the molecule is CC1c2ccccc2CCN1C(=O)Nc1cccc(Cl)c1Cl. The third kappa shape index (κ3) is 2.79. The molecule has 0 aliphatic carbocycles. The van der Waals surface area contributed by atoms with Gasteiger partial charge < -0.3 is 10.2 Å². The monoisotopic (exact) mass is 334 g/mol. The van der Waals surface area contributed by atoms with E-state index in [1.165, 1.54) is 11.1 Å². The van der Waals surface area contributed by atoms with Crippen LogP contribution in [0.15, 0.2) is 42.5 Å². The molecule has 1 atom stereocenters. The number of nitrogens with zero attached hydrogens (tertiary/aromatic N) is 1. The summed E-state index contributed by atoms with van der Waals surface area (Å²) in [7, 11) is 0. The number of amides is 2. The molecule has 0 radical (unpaired) electrons. The molecule has 2 aromatic rings. The average Bonchev–Trinajstić information content (AvgIpc) is 2.52. The first-order valence-electron chi connectivity index (χ1n) is 7.17. The molecular weight excluding hydrogens is 319 g/mol. The van der Waals surface area contributed by atoms with Crippen LogP contribution in [0.2, 0.25) is 10.0 Å². The maximum atomic E-state index is 12.6. The Morgan fingerprint density at radius 1 is 1.18 bits per heavy atom. The van der Waals surface area contributed by atoms with E-state index in [1.54, 1.807) is 18.2 Å². The molecular formula is C17H16Cl2N2O. The minimum Gasteiger partial charge on any atom is -0.317 e. The summed E-state index contributed by atoms with van der Waals surface area (Å²) in [5.74, 6) is 0. The van der Waals surface area contributed by atoms with Gasteiger partial charge in [-0.3, -0.25) is 0 Å². The highest BCUT2D eigenvalue weighted by Gasteiger charge is 2.27. The lowest BCUT2D eigenvalue weighted by atomic mass is 9.94. The molecule has 1 aliphatic heterocycles. The largest absolute Gasteiger partial charge is 0.322 e. The summed E-state index contributed by atoms with van der Waals surface area (Å²) < 4.78 is 0. The zero-order chi connectivity index (χ0) is 15.7. The highest BCUT2D eigenvalue weighted by molar-refractivity contribution is 6.43. The van der Waals surface area contributed by atoms with E-state index in [4.69, 9.17) is 23.2 Å². The summed E-state index contributed by atoms with van der Waals surface area (Å²) in [5.41, 5.74) is 3.03. The van der Waals surface area contributed by atoms with E-state index in [1.807, 2.05) is 24.0 Å². The highest BCUT2D eigenvalue weighted by atomic mass is 35.5. The Balaban J connectivity index is 1.80. The van der Waals surface area contributed by atoms with Crippen molar-refractivity contribution < 1.29 is 4.79 Å². The Bertz CT molecular complexity index is 718. The molecule has 3 nitrogen and oxygen atoms in total. The zero-order valence-electron chi connectivity index (χ0n) is 12.1. The second kappa shape index (κ2) is 6.19. The summed E-state index contributed by atoms with van der Waals surface area (Å²) in [6, 6.07) is 13.3. The predicted octanol–water partition coefficient (Wildman–Crippen LogP) is 5.14. The maximum Gasteiger partial charge on any atom is 0.322 e. The van der Waals surface area contributed by atoms with Gasteiger partial charge in [-0.2, -0.15) is 0 Å². The third-order valence-electron chi connectivity index (χ3n) is 4.05. The molecule has 22 heavy (non-hydrogen) atoms. The number of anilines is 1. The molecule has 1 aliphatic rings. The molecule has 0 bridgehead atoms. The van der Waals surface area contributed by atoms with Crippen LogP contribution in [-0.4, -0.2) is 17.5 Å². The fraction of sp³-hybridized carbons (Fsp3) is 0.235. The van der Waals surface area contributed by atoms with Crippen LogP contribution in [0, 0.1) is 0 Å². The third-order valence-corrected chi connectivity index (χ3v) is 4.87. The van der Waals surface area contributed by atoms with Crippen molar-refractivity contribution >= 4 is 34.9 Å². The van der Waals surface area contributed by atoms with Crippen molar-refractivity contribution in [2.75, 3.05) is 11.9 Å². The topological polar surface area (TPSA) is 32.3 Å². The van der Waals surface area contributed by atoms with E-state index in [0.717, 1.165) is 6.42 Å². The summed E-state index contributed by atoms with van der Waals surface area (Å²) in [4.78, 5) is 14.4. The van der Waals surface area contributed by atoms with E-state index in [9.17, 15) is 4.79 Å². The quantitative estimate of drug-likeness (QED) is 0.768. The van der Waals surface area contributed by atoms with Gasteiger partial charge in [-0.15, -0.1) is 0 Å². The average molecular weight is 335 g/mol. The van der Waals surface area contributed by atoms with Gasteiger partial charge in [-0.05, 0) is 36.6 Å². The van der Waals surface area contributed by atoms with Gasteiger partial charge in [-0.1, -0.05) is 53.5 Å². The van der Waals surface area contributed by atoms with Gasteiger partial charge in [0.1, 0.15) is 0 Å². The lowest BCUT2D eigenvalue weighted by molar-refractivity contribution is 0.188. The predicted molar refractivity (Wildman–Crippen MR) is 90.7 cm³/mol. The number of carbonyl (C=O) groups excluding carboxylic acids is 1. The van der Waals surface area contributed by atoms with Gasteiger partial charge in [0.05, 0.1) is 21.8 Å². The number of nitrogens with one attached hydrogen (secondary N) is 1. The van der Waals surface area contributed by atoms with Crippen LogP contribution in [-0.2, 0) is 6.42 Å². The normalized spacial score (nSPS) is 17.0. The molecule has 1 N–H and O–H groups in total. The maximum absolute atomic E-state index is 12.6. The van der Waals surface area contributed by atoms with Crippen molar-refractivity contribution in [1.82, 2.24) is 4.90 Å². The molecule has 0 saturated heterocycles. The molecule has 0 spiro atoms. The van der Waals surface area contributed by atoms with Gasteiger partial charge in [0.25, 0.3) is 0 Å². The highest BCUT2D eigenvalue weighted by Crippen LogP contribution is 2.32. The van der Waals surface area contributed by atoms with Crippen LogP contribution in [0.5, 0.6) is 0 Å². The van der Waals surface area contributed by atoms with Crippen molar-refractivity contribution in [3.05, 3.63) is 63.6 Å². The number of hydrogen-bond donors (Lipinski definition) is 1. The second-order valence-corrected chi connectivity index (χ2v) is 6.13. The van der Waals surface area contributed by atoms with Gasteiger partial charge >= 0.3 is 6.03 Å². The zero-order valence-corrected chi connectivity index (χ0v) is 13.7. The number of urea groups is 1. The van der Waals surface area contributed by atoms with E-state index in [-0.39, 0.29) is 12.1 Å². The smallest absolute Gasteiger partial charge is 0.317 e. The molecule has 1 unspecified atom stereocenters. The van der Waals surface area contributed by atoms with Gasteiger partial charge in [0.15, 0.2) is 0 Å². The van der Waals surface area contributed by atoms with Crippen molar-refractivity contribution in [2.45, 2.75) is 19.4 Å². The Hall–Kier alpha value is -1.71. The van der Waals surface area contributed by atoms with Crippen molar-refractivity contribution in [2.24, 2.45) is 0 Å². The van der Waals surface area contributed by atoms with E-state index >= 15 is 0 Å². The van der Waals surface area contributed by atoms with Crippen molar-refractivity contribution in [1.29, 1.82) is 0 Å². The molecule has 2 aromatic carbocycles. The van der Waals surface area contributed by atoms with Crippen LogP contribution in [0.4, 0.5) is 10.5 Å². The number of hydrogen-bond acceptors (Lipinski definition) is 1. The first-order chi connectivity index (χ1) is 10.6. The van der Waals surface area contributed by atoms with Gasteiger partial charge in [0, 0.05) is 6.54 Å². The van der Waals surface area contributed by atoms with E-state index in [2.05, 4.69) is 17.4 Å².